The van der Waals surface area contributed by atoms with E-state index in [-0.39, 0.29) is 0 Å². The Morgan fingerprint density at radius 3 is 2.29 bits per heavy atom. The summed E-state index contributed by atoms with van der Waals surface area (Å²) in [6.45, 7) is -0.452. The van der Waals surface area contributed by atoms with Crippen LogP contribution in [0.4, 0.5) is 0 Å². The van der Waals surface area contributed by atoms with Crippen molar-refractivity contribution in [3.8, 4) is 0 Å². The summed E-state index contributed by atoms with van der Waals surface area (Å²) < 4.78 is 5.34. The van der Waals surface area contributed by atoms with Gasteiger partial charge < -0.3 is 35.8 Å². The highest BCUT2D eigenvalue weighted by molar-refractivity contribution is 7.80. The third-order valence-corrected chi connectivity index (χ3v) is 4.34. The molecule has 1 saturated carbocycles. The molecule has 0 spiro atoms. The third kappa shape index (κ3) is 4.24. The zero-order valence-corrected chi connectivity index (χ0v) is 12.6. The summed E-state index contributed by atoms with van der Waals surface area (Å²) in [6, 6.07) is 0.309. The summed E-state index contributed by atoms with van der Waals surface area (Å²) in [5.74, 6) is 0. The van der Waals surface area contributed by atoms with Gasteiger partial charge in [-0.1, -0.05) is 19.3 Å². The van der Waals surface area contributed by atoms with Gasteiger partial charge in [-0.05, 0) is 25.1 Å². The normalized spacial score (nSPS) is 38.0. The average molecular weight is 320 g/mol. The highest BCUT2D eigenvalue weighted by Crippen LogP contribution is 2.20. The lowest BCUT2D eigenvalue weighted by molar-refractivity contribution is -0.232. The molecule has 1 saturated heterocycles. The van der Waals surface area contributed by atoms with E-state index in [1.165, 1.54) is 19.3 Å². The number of ether oxygens (including phenoxy) is 1. The van der Waals surface area contributed by atoms with Crippen LogP contribution < -0.4 is 10.6 Å². The fraction of sp³-hybridized carbons (Fsp3) is 0.923. The standard InChI is InChI=1S/C13H24N2O5S/c16-6-8-9(17)10(18)11(19)12(20-8)15-13(21)14-7-4-2-1-3-5-7/h7-12,16-19H,1-6H2,(H2,14,15,21). The van der Waals surface area contributed by atoms with Gasteiger partial charge >= 0.3 is 0 Å². The van der Waals surface area contributed by atoms with Crippen LogP contribution in [0.1, 0.15) is 32.1 Å². The maximum atomic E-state index is 9.91. The van der Waals surface area contributed by atoms with Crippen molar-refractivity contribution in [2.45, 2.75) is 68.8 Å². The summed E-state index contributed by atoms with van der Waals surface area (Å²) in [4.78, 5) is 0. The molecule has 1 aliphatic carbocycles. The minimum Gasteiger partial charge on any atom is -0.394 e. The van der Waals surface area contributed by atoms with E-state index in [2.05, 4.69) is 10.6 Å². The Bertz CT molecular complexity index is 351. The van der Waals surface area contributed by atoms with Gasteiger partial charge in [0.2, 0.25) is 0 Å². The van der Waals surface area contributed by atoms with Crippen LogP contribution in [0.5, 0.6) is 0 Å². The van der Waals surface area contributed by atoms with E-state index in [4.69, 9.17) is 22.1 Å². The summed E-state index contributed by atoms with van der Waals surface area (Å²) in [5.41, 5.74) is 0. The smallest absolute Gasteiger partial charge is 0.168 e. The monoisotopic (exact) mass is 320 g/mol. The quantitative estimate of drug-likeness (QED) is 0.351. The molecule has 0 aromatic rings. The van der Waals surface area contributed by atoms with E-state index >= 15 is 0 Å². The summed E-state index contributed by atoms with van der Waals surface area (Å²) in [6.07, 6.45) is -0.302. The van der Waals surface area contributed by atoms with Crippen LogP contribution in [0.15, 0.2) is 0 Å². The second-order valence-corrected chi connectivity index (χ2v) is 6.11. The Balaban J connectivity index is 1.86. The maximum Gasteiger partial charge on any atom is 0.168 e. The molecule has 7 nitrogen and oxygen atoms in total. The van der Waals surface area contributed by atoms with E-state index in [0.717, 1.165) is 12.8 Å². The number of rotatable bonds is 3. The van der Waals surface area contributed by atoms with Crippen LogP contribution in [0.2, 0.25) is 0 Å². The highest BCUT2D eigenvalue weighted by Gasteiger charge is 2.43. The van der Waals surface area contributed by atoms with Crippen molar-refractivity contribution >= 4 is 17.3 Å². The SMILES string of the molecule is OCC1OC(NC(=S)NC2CCCCC2)C(O)C(O)C1O. The Hall–Kier alpha value is -0.510. The molecule has 0 bridgehead atoms. The van der Waals surface area contributed by atoms with Gasteiger partial charge in [0.25, 0.3) is 0 Å². The molecule has 0 radical (unpaired) electrons. The second kappa shape index (κ2) is 7.66. The van der Waals surface area contributed by atoms with E-state index in [9.17, 15) is 15.3 Å². The molecule has 1 aliphatic heterocycles. The molecule has 2 fully saturated rings. The van der Waals surface area contributed by atoms with Gasteiger partial charge in [0.05, 0.1) is 6.61 Å². The van der Waals surface area contributed by atoms with Gasteiger partial charge in [-0.25, -0.2) is 0 Å². The van der Waals surface area contributed by atoms with Crippen LogP contribution in [0, 0.1) is 0 Å². The first kappa shape index (κ1) is 16.9. The van der Waals surface area contributed by atoms with Crippen molar-refractivity contribution in [3.63, 3.8) is 0 Å². The topological polar surface area (TPSA) is 114 Å². The first-order chi connectivity index (χ1) is 10.0. The first-order valence-corrected chi connectivity index (χ1v) is 7.81. The maximum absolute atomic E-state index is 9.91. The number of hydrogen-bond donors (Lipinski definition) is 6. The number of aliphatic hydroxyl groups is 4. The molecule has 122 valence electrons. The van der Waals surface area contributed by atoms with Gasteiger partial charge in [0.1, 0.15) is 24.4 Å². The van der Waals surface area contributed by atoms with Crippen molar-refractivity contribution < 1.29 is 25.2 Å². The summed E-state index contributed by atoms with van der Waals surface area (Å²) >= 11 is 5.19. The lowest BCUT2D eigenvalue weighted by Gasteiger charge is -2.40. The van der Waals surface area contributed by atoms with E-state index < -0.39 is 37.3 Å². The number of nitrogens with one attached hydrogen (secondary N) is 2. The second-order valence-electron chi connectivity index (χ2n) is 5.70. The average Bonchev–Trinajstić information content (AvgIpc) is 2.49. The first-order valence-electron chi connectivity index (χ1n) is 7.40. The van der Waals surface area contributed by atoms with Crippen LogP contribution >= 0.6 is 12.2 Å². The number of hydrogen-bond acceptors (Lipinski definition) is 6. The molecule has 8 heteroatoms. The Kier molecular flexibility index (Phi) is 6.15. The molecule has 0 aromatic heterocycles. The van der Waals surface area contributed by atoms with Gasteiger partial charge in [-0.2, -0.15) is 0 Å². The molecule has 1 heterocycles. The molecule has 0 aromatic carbocycles. The van der Waals surface area contributed by atoms with Gasteiger partial charge in [0, 0.05) is 6.04 Å². The largest absolute Gasteiger partial charge is 0.394 e. The Labute approximate surface area is 129 Å². The fourth-order valence-electron chi connectivity index (χ4n) is 2.82. The molecule has 6 N–H and O–H groups in total. The van der Waals surface area contributed by atoms with Crippen LogP contribution in [0.25, 0.3) is 0 Å². The minimum absolute atomic E-state index is 0.309. The van der Waals surface area contributed by atoms with Crippen molar-refractivity contribution in [1.82, 2.24) is 10.6 Å². The fourth-order valence-corrected chi connectivity index (χ4v) is 3.11. The molecular formula is C13H24N2O5S. The third-order valence-electron chi connectivity index (χ3n) is 4.11. The van der Waals surface area contributed by atoms with E-state index in [0.29, 0.717) is 11.2 Å². The molecular weight excluding hydrogens is 296 g/mol. The lowest BCUT2D eigenvalue weighted by Crippen LogP contribution is -2.64. The van der Waals surface area contributed by atoms with Crippen molar-refractivity contribution in [1.29, 1.82) is 0 Å². The zero-order valence-electron chi connectivity index (χ0n) is 11.8. The van der Waals surface area contributed by atoms with Crippen LogP contribution in [-0.2, 0) is 4.74 Å². The van der Waals surface area contributed by atoms with Crippen molar-refractivity contribution in [2.75, 3.05) is 6.61 Å². The minimum atomic E-state index is -1.40. The molecule has 2 rings (SSSR count). The van der Waals surface area contributed by atoms with Gasteiger partial charge in [-0.3, -0.25) is 0 Å². The van der Waals surface area contributed by atoms with Gasteiger partial charge in [-0.15, -0.1) is 0 Å². The predicted molar refractivity (Wildman–Crippen MR) is 79.5 cm³/mol. The Morgan fingerprint density at radius 2 is 1.67 bits per heavy atom. The van der Waals surface area contributed by atoms with Crippen LogP contribution in [0.3, 0.4) is 0 Å². The van der Waals surface area contributed by atoms with Gasteiger partial charge in [0.15, 0.2) is 11.3 Å². The zero-order chi connectivity index (χ0) is 15.4. The molecule has 5 unspecified atom stereocenters. The Morgan fingerprint density at radius 1 is 1.00 bits per heavy atom. The molecule has 0 amide bonds. The number of thiocarbonyl (C=S) groups is 1. The molecule has 21 heavy (non-hydrogen) atoms. The van der Waals surface area contributed by atoms with Crippen molar-refractivity contribution in [2.24, 2.45) is 0 Å². The van der Waals surface area contributed by atoms with E-state index in [1.807, 2.05) is 0 Å². The number of aliphatic hydroxyl groups excluding tert-OH is 4. The highest BCUT2D eigenvalue weighted by atomic mass is 32.1. The van der Waals surface area contributed by atoms with Crippen molar-refractivity contribution in [3.05, 3.63) is 0 Å². The van der Waals surface area contributed by atoms with Crippen LogP contribution in [-0.4, -0.2) is 68.8 Å². The summed E-state index contributed by atoms with van der Waals surface area (Å²) in [5, 5.41) is 44.7. The molecule has 5 atom stereocenters. The summed E-state index contributed by atoms with van der Waals surface area (Å²) in [7, 11) is 0. The lowest BCUT2D eigenvalue weighted by atomic mass is 9.96. The predicted octanol–water partition coefficient (Wildman–Crippen LogP) is -1.42. The molecule has 2 aliphatic rings. The van der Waals surface area contributed by atoms with E-state index in [1.54, 1.807) is 0 Å².